The van der Waals surface area contributed by atoms with Crippen LogP contribution < -0.4 is 0 Å². The molecular formula is C30H40O9. The number of allylic oxidation sites excluding steroid dienone is 4. The molecule has 6 atom stereocenters. The molecule has 4 aliphatic rings. The second-order valence-electron chi connectivity index (χ2n) is 11.8. The zero-order chi connectivity index (χ0) is 28.4. The molecule has 0 aromatic carbocycles. The summed E-state index contributed by atoms with van der Waals surface area (Å²) in [4.78, 5) is 64.7. The van der Waals surface area contributed by atoms with Crippen molar-refractivity contribution in [1.82, 2.24) is 0 Å². The number of Topliss-reactive ketones (excluding diaryl/α,β-unsaturated/α-hetero) is 2. The Kier molecular flexibility index (Phi) is 8.38. The third-order valence-corrected chi connectivity index (χ3v) is 9.55. The Morgan fingerprint density at radius 2 is 1.72 bits per heavy atom. The fourth-order valence-corrected chi connectivity index (χ4v) is 7.64. The first-order valence-electron chi connectivity index (χ1n) is 14.2. The normalized spacial score (nSPS) is 34.8. The van der Waals surface area contributed by atoms with E-state index in [9.17, 15) is 24.0 Å². The van der Waals surface area contributed by atoms with Gasteiger partial charge in [-0.3, -0.25) is 14.4 Å². The molecule has 3 fully saturated rings. The maximum atomic E-state index is 14.0. The topological polar surface area (TPSA) is 122 Å². The smallest absolute Gasteiger partial charge is 0.434 e. The van der Waals surface area contributed by atoms with E-state index < -0.39 is 41.1 Å². The van der Waals surface area contributed by atoms with Gasteiger partial charge in [-0.05, 0) is 62.5 Å². The molecule has 0 amide bonds. The second kappa shape index (κ2) is 11.3. The SMILES string of the molecule is CCCCOC(=O)OCC(=O)[C@@]1(OC(=O)OCCC)CC[C@H]2[C@@H]3CCC4=CC(=O)C=C[C@]4(C)[C@H]3C(=O)C[C@@]21C. The maximum absolute atomic E-state index is 14.0. The standard InChI is InChI=1S/C30H40O9/c1-5-7-15-37-26(34)38-18-24(33)30(39-27(35)36-14-6-2)13-11-22-21-9-8-19-16-20(31)10-12-28(19,3)25(21)23(32)17-29(22,30)4/h10,12,16,21-22,25H,5-9,11,13-15,17-18H2,1-4H3/t21-,22-,25+,28-,29-,30-/m0/s1. The molecule has 214 valence electrons. The number of carbonyl (C=O) groups excluding carboxylic acids is 5. The Labute approximate surface area is 229 Å². The monoisotopic (exact) mass is 544 g/mol. The minimum Gasteiger partial charge on any atom is -0.434 e. The lowest BCUT2D eigenvalue weighted by Gasteiger charge is -2.57. The van der Waals surface area contributed by atoms with Gasteiger partial charge in [0, 0.05) is 23.2 Å². The number of unbranched alkanes of at least 4 members (excludes halogenated alkanes) is 1. The Bertz CT molecular complexity index is 1090. The van der Waals surface area contributed by atoms with E-state index in [1.807, 2.05) is 33.8 Å². The van der Waals surface area contributed by atoms with Gasteiger partial charge in [-0.25, -0.2) is 9.59 Å². The lowest BCUT2D eigenvalue weighted by molar-refractivity contribution is -0.173. The summed E-state index contributed by atoms with van der Waals surface area (Å²) in [7, 11) is 0. The van der Waals surface area contributed by atoms with Crippen LogP contribution in [0.4, 0.5) is 9.59 Å². The zero-order valence-electron chi connectivity index (χ0n) is 23.4. The summed E-state index contributed by atoms with van der Waals surface area (Å²) in [6.45, 7) is 7.34. The van der Waals surface area contributed by atoms with E-state index in [1.54, 1.807) is 12.2 Å². The number of carbonyl (C=O) groups is 5. The van der Waals surface area contributed by atoms with E-state index >= 15 is 0 Å². The van der Waals surface area contributed by atoms with Crippen LogP contribution in [0.3, 0.4) is 0 Å². The molecule has 39 heavy (non-hydrogen) atoms. The van der Waals surface area contributed by atoms with Gasteiger partial charge >= 0.3 is 12.3 Å². The highest BCUT2D eigenvalue weighted by atomic mass is 16.7. The van der Waals surface area contributed by atoms with Crippen molar-refractivity contribution in [3.63, 3.8) is 0 Å². The quantitative estimate of drug-likeness (QED) is 0.281. The van der Waals surface area contributed by atoms with Crippen molar-refractivity contribution in [2.45, 2.75) is 84.7 Å². The van der Waals surface area contributed by atoms with Gasteiger partial charge in [-0.2, -0.15) is 0 Å². The number of rotatable bonds is 9. The Morgan fingerprint density at radius 1 is 0.974 bits per heavy atom. The molecule has 0 aliphatic heterocycles. The molecule has 3 saturated carbocycles. The fourth-order valence-electron chi connectivity index (χ4n) is 7.64. The first-order valence-corrected chi connectivity index (χ1v) is 14.2. The van der Waals surface area contributed by atoms with E-state index in [-0.39, 0.29) is 55.4 Å². The maximum Gasteiger partial charge on any atom is 0.509 e. The minimum atomic E-state index is -1.68. The van der Waals surface area contributed by atoms with E-state index in [0.717, 1.165) is 12.0 Å². The van der Waals surface area contributed by atoms with Crippen LogP contribution in [0.5, 0.6) is 0 Å². The number of fused-ring (bicyclic) bond motifs is 5. The molecular weight excluding hydrogens is 504 g/mol. The summed E-state index contributed by atoms with van der Waals surface area (Å²) < 4.78 is 21.2. The van der Waals surface area contributed by atoms with Crippen LogP contribution in [0.25, 0.3) is 0 Å². The van der Waals surface area contributed by atoms with Crippen LogP contribution in [0.15, 0.2) is 23.8 Å². The second-order valence-corrected chi connectivity index (χ2v) is 11.8. The van der Waals surface area contributed by atoms with Gasteiger partial charge < -0.3 is 18.9 Å². The lowest BCUT2D eigenvalue weighted by Crippen LogP contribution is -2.62. The zero-order valence-corrected chi connectivity index (χ0v) is 23.4. The molecule has 0 aromatic rings. The Balaban J connectivity index is 1.63. The lowest BCUT2D eigenvalue weighted by atomic mass is 9.46. The summed E-state index contributed by atoms with van der Waals surface area (Å²) in [6, 6.07) is 0. The first kappa shape index (κ1) is 29.0. The number of hydrogen-bond acceptors (Lipinski definition) is 9. The summed E-state index contributed by atoms with van der Waals surface area (Å²) in [5.74, 6) is -1.14. The molecule has 0 unspecified atom stereocenters. The molecule has 4 aliphatic carbocycles. The van der Waals surface area contributed by atoms with Gasteiger partial charge in [-0.1, -0.05) is 45.8 Å². The minimum absolute atomic E-state index is 0.0182. The molecule has 0 saturated heterocycles. The predicted molar refractivity (Wildman–Crippen MR) is 140 cm³/mol. The molecule has 0 heterocycles. The van der Waals surface area contributed by atoms with Crippen LogP contribution in [0.2, 0.25) is 0 Å². The van der Waals surface area contributed by atoms with E-state index in [4.69, 9.17) is 18.9 Å². The van der Waals surface area contributed by atoms with Gasteiger partial charge in [-0.15, -0.1) is 0 Å². The summed E-state index contributed by atoms with van der Waals surface area (Å²) in [6.07, 6.45) is 7.39. The molecule has 0 radical (unpaired) electrons. The van der Waals surface area contributed by atoms with Crippen molar-refractivity contribution in [3.8, 4) is 0 Å². The largest absolute Gasteiger partial charge is 0.509 e. The summed E-state index contributed by atoms with van der Waals surface area (Å²) in [5, 5.41) is 0. The van der Waals surface area contributed by atoms with Crippen molar-refractivity contribution in [1.29, 1.82) is 0 Å². The van der Waals surface area contributed by atoms with Crippen LogP contribution in [0, 0.1) is 28.6 Å². The molecule has 0 N–H and O–H groups in total. The highest BCUT2D eigenvalue weighted by molar-refractivity contribution is 6.02. The van der Waals surface area contributed by atoms with Crippen LogP contribution in [-0.2, 0) is 33.3 Å². The molecule has 9 heteroatoms. The van der Waals surface area contributed by atoms with Crippen LogP contribution in [-0.4, -0.2) is 55.1 Å². The predicted octanol–water partition coefficient (Wildman–Crippen LogP) is 5.30. The highest BCUT2D eigenvalue weighted by Gasteiger charge is 2.70. The third kappa shape index (κ3) is 5.05. The summed E-state index contributed by atoms with van der Waals surface area (Å²) in [5.41, 5.74) is -2.27. The number of ether oxygens (including phenoxy) is 4. The number of ketones is 3. The first-order chi connectivity index (χ1) is 18.5. The molecule has 0 bridgehead atoms. The van der Waals surface area contributed by atoms with Crippen molar-refractivity contribution in [2.24, 2.45) is 28.6 Å². The van der Waals surface area contributed by atoms with Gasteiger partial charge in [0.05, 0.1) is 13.2 Å². The van der Waals surface area contributed by atoms with Crippen molar-refractivity contribution in [2.75, 3.05) is 19.8 Å². The van der Waals surface area contributed by atoms with E-state index in [1.165, 1.54) is 0 Å². The third-order valence-electron chi connectivity index (χ3n) is 9.55. The molecule has 0 aromatic heterocycles. The van der Waals surface area contributed by atoms with Crippen LogP contribution >= 0.6 is 0 Å². The molecule has 4 rings (SSSR count). The van der Waals surface area contributed by atoms with Crippen molar-refractivity contribution in [3.05, 3.63) is 23.8 Å². The fraction of sp³-hybridized carbons (Fsp3) is 0.700. The average molecular weight is 545 g/mol. The summed E-state index contributed by atoms with van der Waals surface area (Å²) >= 11 is 0. The van der Waals surface area contributed by atoms with Gasteiger partial charge in [0.15, 0.2) is 18.0 Å². The average Bonchev–Trinajstić information content (AvgIpc) is 3.18. The molecule has 0 spiro atoms. The van der Waals surface area contributed by atoms with E-state index in [2.05, 4.69) is 0 Å². The van der Waals surface area contributed by atoms with E-state index in [0.29, 0.717) is 32.1 Å². The Morgan fingerprint density at radius 3 is 2.44 bits per heavy atom. The molecule has 9 nitrogen and oxygen atoms in total. The highest BCUT2D eigenvalue weighted by Crippen LogP contribution is 2.67. The van der Waals surface area contributed by atoms with Gasteiger partial charge in [0.2, 0.25) is 5.78 Å². The van der Waals surface area contributed by atoms with Gasteiger partial charge in [0.25, 0.3) is 0 Å². The number of hydrogen-bond donors (Lipinski definition) is 0. The van der Waals surface area contributed by atoms with Gasteiger partial charge in [0.1, 0.15) is 5.78 Å². The van der Waals surface area contributed by atoms with Crippen molar-refractivity contribution < 1.29 is 42.9 Å². The van der Waals surface area contributed by atoms with Crippen molar-refractivity contribution >= 4 is 29.7 Å². The Hall–Kier alpha value is -2.97. The van der Waals surface area contributed by atoms with Crippen LogP contribution in [0.1, 0.15) is 79.1 Å².